The van der Waals surface area contributed by atoms with Crippen molar-refractivity contribution in [3.8, 4) is 17.7 Å². The summed E-state index contributed by atoms with van der Waals surface area (Å²) in [6.45, 7) is 3.31. The van der Waals surface area contributed by atoms with E-state index < -0.39 is 17.5 Å². The van der Waals surface area contributed by atoms with Gasteiger partial charge in [-0.2, -0.15) is 10.4 Å². The topological polar surface area (TPSA) is 100.0 Å². The van der Waals surface area contributed by atoms with Crippen LogP contribution in [0.4, 0.5) is 11.4 Å². The lowest BCUT2D eigenvalue weighted by atomic mass is 10.1. The molecule has 30 heavy (non-hydrogen) atoms. The standard InChI is InChI=1S/C22H19ClN4O3/c1-13-17(12-24)21(28)27(14(2)15-7-5-4-6-8-15)22(29)20(13)26-25-16-9-10-19(30-3)18(23)11-16/h4-11,14,28H,1-3H3. The number of azo groups is 1. The third-order valence-corrected chi connectivity index (χ3v) is 5.08. The summed E-state index contributed by atoms with van der Waals surface area (Å²) in [6, 6.07) is 15.5. The molecule has 3 rings (SSSR count). The third kappa shape index (κ3) is 3.91. The number of ether oxygens (including phenoxy) is 1. The minimum absolute atomic E-state index is 0.0286. The summed E-state index contributed by atoms with van der Waals surface area (Å²) in [6.07, 6.45) is 0. The van der Waals surface area contributed by atoms with Crippen LogP contribution < -0.4 is 10.3 Å². The zero-order valence-electron chi connectivity index (χ0n) is 16.6. The molecule has 1 heterocycles. The molecule has 0 radical (unpaired) electrons. The maximum Gasteiger partial charge on any atom is 0.282 e. The van der Waals surface area contributed by atoms with Gasteiger partial charge in [-0.05, 0) is 37.6 Å². The number of nitriles is 1. The molecule has 0 spiro atoms. The van der Waals surface area contributed by atoms with E-state index in [4.69, 9.17) is 16.3 Å². The van der Waals surface area contributed by atoms with Gasteiger partial charge < -0.3 is 9.84 Å². The SMILES string of the molecule is COc1ccc(N=Nc2c(C)c(C#N)c(O)n(C(C)c3ccccc3)c2=O)cc1Cl. The van der Waals surface area contributed by atoms with E-state index in [1.165, 1.54) is 7.11 Å². The fourth-order valence-corrected chi connectivity index (χ4v) is 3.35. The molecule has 3 aromatic rings. The fourth-order valence-electron chi connectivity index (χ4n) is 3.09. The Labute approximate surface area is 178 Å². The minimum atomic E-state index is -0.552. The molecule has 0 amide bonds. The molecule has 1 N–H and O–H groups in total. The predicted molar refractivity (Wildman–Crippen MR) is 114 cm³/mol. The van der Waals surface area contributed by atoms with Gasteiger partial charge in [-0.3, -0.25) is 9.36 Å². The van der Waals surface area contributed by atoms with Gasteiger partial charge in [0.15, 0.2) is 5.69 Å². The van der Waals surface area contributed by atoms with Crippen LogP contribution >= 0.6 is 11.6 Å². The maximum atomic E-state index is 13.2. The van der Waals surface area contributed by atoms with Gasteiger partial charge >= 0.3 is 0 Å². The van der Waals surface area contributed by atoms with E-state index in [2.05, 4.69) is 10.2 Å². The van der Waals surface area contributed by atoms with Crippen LogP contribution in [0, 0.1) is 18.3 Å². The highest BCUT2D eigenvalue weighted by Gasteiger charge is 2.23. The summed E-state index contributed by atoms with van der Waals surface area (Å²) < 4.78 is 6.26. The van der Waals surface area contributed by atoms with E-state index in [0.29, 0.717) is 16.5 Å². The van der Waals surface area contributed by atoms with Gasteiger partial charge in [0, 0.05) is 5.56 Å². The zero-order valence-corrected chi connectivity index (χ0v) is 17.4. The van der Waals surface area contributed by atoms with Crippen molar-refractivity contribution in [2.45, 2.75) is 19.9 Å². The number of aromatic hydroxyl groups is 1. The molecule has 0 saturated heterocycles. The van der Waals surface area contributed by atoms with Gasteiger partial charge in [0.25, 0.3) is 5.56 Å². The van der Waals surface area contributed by atoms with E-state index >= 15 is 0 Å². The Morgan fingerprint density at radius 2 is 1.90 bits per heavy atom. The first-order chi connectivity index (χ1) is 14.4. The van der Waals surface area contributed by atoms with Crippen molar-refractivity contribution in [3.63, 3.8) is 0 Å². The summed E-state index contributed by atoms with van der Waals surface area (Å²) in [5.74, 6) is 0.0880. The highest BCUT2D eigenvalue weighted by atomic mass is 35.5. The van der Waals surface area contributed by atoms with Crippen LogP contribution in [0.2, 0.25) is 5.02 Å². The Hall–Kier alpha value is -3.63. The van der Waals surface area contributed by atoms with E-state index in [0.717, 1.165) is 10.1 Å². The summed E-state index contributed by atoms with van der Waals surface area (Å²) in [5, 5.41) is 28.7. The number of benzene rings is 2. The van der Waals surface area contributed by atoms with Crippen molar-refractivity contribution >= 4 is 23.0 Å². The maximum absolute atomic E-state index is 13.2. The van der Waals surface area contributed by atoms with E-state index in [-0.39, 0.29) is 16.8 Å². The summed E-state index contributed by atoms with van der Waals surface area (Å²) >= 11 is 6.11. The molecule has 0 aliphatic carbocycles. The Kier molecular flexibility index (Phi) is 6.19. The molecule has 1 unspecified atom stereocenters. The van der Waals surface area contributed by atoms with Crippen molar-refractivity contribution in [2.75, 3.05) is 7.11 Å². The molecule has 152 valence electrons. The Morgan fingerprint density at radius 1 is 1.20 bits per heavy atom. The van der Waals surface area contributed by atoms with Gasteiger partial charge in [-0.1, -0.05) is 41.9 Å². The molecule has 0 aliphatic rings. The molecule has 7 nitrogen and oxygen atoms in total. The molecule has 8 heteroatoms. The molecule has 1 aromatic heterocycles. The van der Waals surface area contributed by atoms with Crippen LogP contribution in [-0.2, 0) is 0 Å². The monoisotopic (exact) mass is 422 g/mol. The second-order valence-corrected chi connectivity index (χ2v) is 6.97. The van der Waals surface area contributed by atoms with Crippen LogP contribution in [-0.4, -0.2) is 16.8 Å². The average Bonchev–Trinajstić information content (AvgIpc) is 2.74. The number of hydrogen-bond acceptors (Lipinski definition) is 6. The molecule has 0 aliphatic heterocycles. The van der Waals surface area contributed by atoms with Gasteiger partial charge in [0.2, 0.25) is 5.88 Å². The third-order valence-electron chi connectivity index (χ3n) is 4.79. The number of halogens is 1. The van der Waals surface area contributed by atoms with Crippen molar-refractivity contribution in [3.05, 3.63) is 80.6 Å². The van der Waals surface area contributed by atoms with Crippen molar-refractivity contribution < 1.29 is 9.84 Å². The highest BCUT2D eigenvalue weighted by Crippen LogP contribution is 2.32. The number of rotatable bonds is 5. The molecule has 0 bridgehead atoms. The van der Waals surface area contributed by atoms with E-state index in [1.807, 2.05) is 36.4 Å². The normalized spacial score (nSPS) is 12.0. The molecular weight excluding hydrogens is 404 g/mol. The number of pyridine rings is 1. The molecule has 1 atom stereocenters. The van der Waals surface area contributed by atoms with E-state index in [9.17, 15) is 15.2 Å². The van der Waals surface area contributed by atoms with Crippen molar-refractivity contribution in [2.24, 2.45) is 10.2 Å². The van der Waals surface area contributed by atoms with Gasteiger partial charge in [-0.15, -0.1) is 5.11 Å². The van der Waals surface area contributed by atoms with Crippen molar-refractivity contribution in [1.29, 1.82) is 5.26 Å². The number of methoxy groups -OCH3 is 1. The zero-order chi connectivity index (χ0) is 21.8. The Balaban J connectivity index is 2.14. The Bertz CT molecular complexity index is 1210. The van der Waals surface area contributed by atoms with Gasteiger partial charge in [0.1, 0.15) is 17.4 Å². The lowest BCUT2D eigenvalue weighted by Crippen LogP contribution is -2.25. The second kappa shape index (κ2) is 8.80. The lowest BCUT2D eigenvalue weighted by molar-refractivity contribution is 0.393. The van der Waals surface area contributed by atoms with E-state index in [1.54, 1.807) is 32.0 Å². The first-order valence-corrected chi connectivity index (χ1v) is 9.45. The van der Waals surface area contributed by atoms with Crippen LogP contribution in [0.5, 0.6) is 11.6 Å². The summed E-state index contributed by atoms with van der Waals surface area (Å²) in [4.78, 5) is 13.2. The van der Waals surface area contributed by atoms with Crippen LogP contribution in [0.3, 0.4) is 0 Å². The number of nitrogens with zero attached hydrogens (tertiary/aromatic N) is 4. The average molecular weight is 423 g/mol. The molecule has 0 fully saturated rings. The summed E-state index contributed by atoms with van der Waals surface area (Å²) in [7, 11) is 1.50. The molecule has 2 aromatic carbocycles. The molecule has 0 saturated carbocycles. The predicted octanol–water partition coefficient (Wildman–Crippen LogP) is 5.42. The van der Waals surface area contributed by atoms with Crippen LogP contribution in [0.15, 0.2) is 63.6 Å². The fraction of sp³-hybridized carbons (Fsp3) is 0.182. The smallest absolute Gasteiger partial charge is 0.282 e. The summed E-state index contributed by atoms with van der Waals surface area (Å²) in [5.41, 5.74) is 0.850. The Morgan fingerprint density at radius 3 is 2.50 bits per heavy atom. The van der Waals surface area contributed by atoms with Gasteiger partial charge in [-0.25, -0.2) is 0 Å². The number of hydrogen-bond donors (Lipinski definition) is 1. The quantitative estimate of drug-likeness (QED) is 0.554. The first-order valence-electron chi connectivity index (χ1n) is 9.07. The highest BCUT2D eigenvalue weighted by molar-refractivity contribution is 6.32. The lowest BCUT2D eigenvalue weighted by Gasteiger charge is -2.19. The number of aromatic nitrogens is 1. The minimum Gasteiger partial charge on any atom is -0.495 e. The largest absolute Gasteiger partial charge is 0.495 e. The van der Waals surface area contributed by atoms with Crippen LogP contribution in [0.1, 0.15) is 29.7 Å². The second-order valence-electron chi connectivity index (χ2n) is 6.56. The first kappa shape index (κ1) is 21.1. The van der Waals surface area contributed by atoms with Crippen LogP contribution in [0.25, 0.3) is 0 Å². The van der Waals surface area contributed by atoms with Gasteiger partial charge in [0.05, 0.1) is 23.9 Å². The molecular formula is C22H19ClN4O3. The van der Waals surface area contributed by atoms with Crippen molar-refractivity contribution in [1.82, 2.24) is 4.57 Å².